The third-order valence-electron chi connectivity index (χ3n) is 7.94. The summed E-state index contributed by atoms with van der Waals surface area (Å²) in [7, 11) is -3.86. The van der Waals surface area contributed by atoms with Crippen LogP contribution < -0.4 is 9.86 Å². The number of hydrogen-bond donors (Lipinski definition) is 4. The Hall–Kier alpha value is -1.96. The number of carbonyl (C=O) groups excluding carboxylic acids is 1. The number of aliphatic carboxylic acids is 1. The number of carboxylic acids is 1. The molecule has 2 saturated heterocycles. The highest BCUT2D eigenvalue weighted by atomic mass is 32.2. The topological polar surface area (TPSA) is 153 Å². The van der Waals surface area contributed by atoms with Crippen LogP contribution in [-0.2, 0) is 26.3 Å². The standard InChI is InChI=1S/C25H36N4O6S2/c1-12-6-14(3)17(7-13(12)2)10-28-11-19(8-18(28)9-27-37(26,34)35)36-23-15(4)21-20(16(5)30)24(31)29(21)22(23)25(32)33/h6-7,15-16,18-21,27,30H,8-11H2,1-5H3,(H,32,33)(H2,26,34,35)/t15-,16-,18+,19+,20-,21-/m1/s1. The van der Waals surface area contributed by atoms with Crippen molar-refractivity contribution >= 4 is 33.8 Å². The molecule has 12 heteroatoms. The number of aliphatic hydroxyl groups excluding tert-OH is 1. The van der Waals surface area contributed by atoms with Crippen molar-refractivity contribution in [3.05, 3.63) is 45.0 Å². The molecule has 10 nitrogen and oxygen atoms in total. The molecule has 5 N–H and O–H groups in total. The van der Waals surface area contributed by atoms with Crippen LogP contribution in [0.15, 0.2) is 22.7 Å². The normalized spacial score (nSPS) is 29.0. The number of aryl methyl sites for hydroxylation is 3. The Balaban J connectivity index is 1.58. The molecule has 0 aromatic heterocycles. The van der Waals surface area contributed by atoms with E-state index in [0.29, 0.717) is 24.4 Å². The number of β-lactam (4-membered cyclic amide) rings is 1. The van der Waals surface area contributed by atoms with Crippen molar-refractivity contribution < 1.29 is 28.2 Å². The molecule has 0 radical (unpaired) electrons. The van der Waals surface area contributed by atoms with E-state index in [-0.39, 0.29) is 41.4 Å². The minimum absolute atomic E-state index is 0.00654. The average molecular weight is 553 g/mol. The molecule has 3 aliphatic rings. The lowest BCUT2D eigenvalue weighted by Gasteiger charge is -2.46. The van der Waals surface area contributed by atoms with E-state index in [1.807, 2.05) is 6.92 Å². The van der Waals surface area contributed by atoms with Crippen molar-refractivity contribution in [3.63, 3.8) is 0 Å². The number of amides is 1. The molecular weight excluding hydrogens is 516 g/mol. The summed E-state index contributed by atoms with van der Waals surface area (Å²) in [6, 6.07) is 3.81. The van der Waals surface area contributed by atoms with Crippen molar-refractivity contribution in [1.29, 1.82) is 0 Å². The van der Waals surface area contributed by atoms with E-state index in [0.717, 1.165) is 11.1 Å². The first-order valence-corrected chi connectivity index (χ1v) is 14.9. The first-order valence-electron chi connectivity index (χ1n) is 12.4. The van der Waals surface area contributed by atoms with Crippen LogP contribution in [-0.4, -0.2) is 76.8 Å². The molecule has 1 amide bonds. The van der Waals surface area contributed by atoms with Gasteiger partial charge in [-0.1, -0.05) is 19.1 Å². The molecule has 0 aliphatic carbocycles. The average Bonchev–Trinajstić information content (AvgIpc) is 3.26. The molecule has 0 saturated carbocycles. The molecular formula is C25H36N4O6S2. The highest BCUT2D eigenvalue weighted by Crippen LogP contribution is 2.52. The molecule has 37 heavy (non-hydrogen) atoms. The zero-order chi connectivity index (χ0) is 27.4. The van der Waals surface area contributed by atoms with Gasteiger partial charge in [-0.15, -0.1) is 11.8 Å². The Kier molecular flexibility index (Phi) is 7.82. The number of carboxylic acid groups (broad SMARTS) is 1. The van der Waals surface area contributed by atoms with Crippen molar-refractivity contribution in [3.8, 4) is 0 Å². The zero-order valence-electron chi connectivity index (χ0n) is 21.8. The maximum Gasteiger partial charge on any atom is 0.353 e. The minimum Gasteiger partial charge on any atom is -0.477 e. The maximum atomic E-state index is 12.7. The van der Waals surface area contributed by atoms with Gasteiger partial charge in [-0.05, 0) is 56.4 Å². The van der Waals surface area contributed by atoms with E-state index in [2.05, 4.69) is 42.5 Å². The fraction of sp³-hybridized carbons (Fsp3) is 0.600. The lowest BCUT2D eigenvalue weighted by atomic mass is 9.79. The van der Waals surface area contributed by atoms with Gasteiger partial charge in [-0.25, -0.2) is 14.7 Å². The lowest BCUT2D eigenvalue weighted by molar-refractivity contribution is -0.163. The van der Waals surface area contributed by atoms with Crippen LogP contribution in [0.25, 0.3) is 0 Å². The van der Waals surface area contributed by atoms with Gasteiger partial charge in [0.15, 0.2) is 0 Å². The SMILES string of the molecule is Cc1cc(C)c(CN2C[C@@H](SC3=C(C(=O)O)N4C(=O)[C@H]([C@@H](C)O)[C@H]4[C@H]3C)C[C@H]2CNS(N)(=O)=O)cc1C. The largest absolute Gasteiger partial charge is 0.477 e. The van der Waals surface area contributed by atoms with Gasteiger partial charge in [0.2, 0.25) is 5.91 Å². The molecule has 3 aliphatic heterocycles. The van der Waals surface area contributed by atoms with Gasteiger partial charge in [0.25, 0.3) is 10.2 Å². The van der Waals surface area contributed by atoms with Gasteiger partial charge in [0, 0.05) is 41.7 Å². The predicted octanol–water partition coefficient (Wildman–Crippen LogP) is 1.23. The van der Waals surface area contributed by atoms with Crippen molar-refractivity contribution in [1.82, 2.24) is 14.5 Å². The van der Waals surface area contributed by atoms with Gasteiger partial charge < -0.3 is 15.1 Å². The highest BCUT2D eigenvalue weighted by molar-refractivity contribution is 8.03. The number of nitrogens with two attached hydrogens (primary N) is 1. The quantitative estimate of drug-likeness (QED) is 0.334. The number of nitrogens with zero attached hydrogens (tertiary/aromatic N) is 2. The van der Waals surface area contributed by atoms with Crippen LogP contribution in [0.4, 0.5) is 0 Å². The summed E-state index contributed by atoms with van der Waals surface area (Å²) in [5.74, 6) is -2.33. The number of likely N-dealkylation sites (tertiary alicyclic amines) is 1. The second kappa shape index (κ2) is 10.3. The predicted molar refractivity (Wildman–Crippen MR) is 142 cm³/mol. The molecule has 4 rings (SSSR count). The molecule has 1 aromatic rings. The van der Waals surface area contributed by atoms with Gasteiger partial charge in [0.1, 0.15) is 5.70 Å². The van der Waals surface area contributed by atoms with Crippen LogP contribution in [0.5, 0.6) is 0 Å². The first kappa shape index (κ1) is 28.1. The van der Waals surface area contributed by atoms with Crippen LogP contribution in [0.2, 0.25) is 0 Å². The zero-order valence-corrected chi connectivity index (χ0v) is 23.4. The van der Waals surface area contributed by atoms with E-state index in [1.54, 1.807) is 6.92 Å². The number of hydrogen-bond acceptors (Lipinski definition) is 7. The fourth-order valence-electron chi connectivity index (χ4n) is 5.91. The van der Waals surface area contributed by atoms with Crippen molar-refractivity contribution in [2.75, 3.05) is 13.1 Å². The molecule has 0 bridgehead atoms. The number of carbonyl (C=O) groups is 2. The van der Waals surface area contributed by atoms with Gasteiger partial charge in [-0.2, -0.15) is 8.42 Å². The maximum absolute atomic E-state index is 12.7. The Morgan fingerprint density at radius 2 is 1.89 bits per heavy atom. The second-order valence-corrected chi connectivity index (χ2v) is 13.3. The molecule has 1 aromatic carbocycles. The monoisotopic (exact) mass is 552 g/mol. The number of thioether (sulfide) groups is 1. The highest BCUT2D eigenvalue weighted by Gasteiger charge is 2.60. The summed E-state index contributed by atoms with van der Waals surface area (Å²) < 4.78 is 25.7. The van der Waals surface area contributed by atoms with Crippen LogP contribution in [0.3, 0.4) is 0 Å². The smallest absolute Gasteiger partial charge is 0.353 e. The first-order chi connectivity index (χ1) is 17.2. The Morgan fingerprint density at radius 1 is 1.24 bits per heavy atom. The second-order valence-electron chi connectivity index (χ2n) is 10.6. The van der Waals surface area contributed by atoms with Gasteiger partial charge >= 0.3 is 5.97 Å². The van der Waals surface area contributed by atoms with Gasteiger partial charge in [0.05, 0.1) is 18.1 Å². The van der Waals surface area contributed by atoms with E-state index < -0.39 is 28.2 Å². The summed E-state index contributed by atoms with van der Waals surface area (Å²) in [5, 5.41) is 25.3. The third-order valence-corrected chi connectivity index (χ3v) is 10.0. The number of benzene rings is 1. The number of aliphatic hydroxyl groups is 1. The third kappa shape index (κ3) is 5.45. The van der Waals surface area contributed by atoms with Crippen molar-refractivity contribution in [2.45, 2.75) is 71.0 Å². The van der Waals surface area contributed by atoms with E-state index >= 15 is 0 Å². The summed E-state index contributed by atoms with van der Waals surface area (Å²) >= 11 is 1.46. The van der Waals surface area contributed by atoms with E-state index in [9.17, 15) is 28.2 Å². The van der Waals surface area contributed by atoms with Crippen molar-refractivity contribution in [2.24, 2.45) is 17.0 Å². The van der Waals surface area contributed by atoms with E-state index in [1.165, 1.54) is 27.8 Å². The summed E-state index contributed by atoms with van der Waals surface area (Å²) in [6.07, 6.45) is -0.231. The fourth-order valence-corrected chi connectivity index (χ4v) is 7.93. The lowest BCUT2D eigenvalue weighted by Crippen LogP contribution is -2.63. The Bertz CT molecular complexity index is 1250. The van der Waals surface area contributed by atoms with Crippen LogP contribution in [0, 0.1) is 32.6 Å². The van der Waals surface area contributed by atoms with E-state index in [4.69, 9.17) is 5.14 Å². The number of fused-ring (bicyclic) bond motifs is 1. The van der Waals surface area contributed by atoms with Crippen LogP contribution >= 0.6 is 11.8 Å². The number of rotatable bonds is 9. The number of nitrogens with one attached hydrogen (secondary N) is 1. The van der Waals surface area contributed by atoms with Gasteiger partial charge in [-0.3, -0.25) is 9.69 Å². The molecule has 2 fully saturated rings. The molecule has 204 valence electrons. The molecule has 6 atom stereocenters. The Morgan fingerprint density at radius 3 is 2.49 bits per heavy atom. The summed E-state index contributed by atoms with van der Waals surface area (Å²) in [5.41, 5.74) is 4.71. The summed E-state index contributed by atoms with van der Waals surface area (Å²) in [4.78, 5) is 29.1. The Labute approximate surface area is 222 Å². The van der Waals surface area contributed by atoms with Crippen LogP contribution in [0.1, 0.15) is 42.5 Å². The molecule has 3 heterocycles. The molecule has 0 spiro atoms. The minimum atomic E-state index is -3.86. The summed E-state index contributed by atoms with van der Waals surface area (Å²) in [6.45, 7) is 11.1. The molecule has 0 unspecified atom stereocenters.